The van der Waals surface area contributed by atoms with Gasteiger partial charge in [-0.3, -0.25) is 9.10 Å². The standard InChI is InChI=1S/C15H21ClN2O4S/c1-10(2)9-17-15(19)14-6-7-18(23(3,20)21)12-8-11(16)4-5-13(12)22-14/h4-5,8,10,14H,6-7,9H2,1-3H3,(H,17,19). The van der Waals surface area contributed by atoms with Crippen LogP contribution < -0.4 is 14.4 Å². The van der Waals surface area contributed by atoms with Crippen molar-refractivity contribution >= 4 is 33.2 Å². The second-order valence-corrected chi connectivity index (χ2v) is 8.32. The molecule has 1 aromatic carbocycles. The van der Waals surface area contributed by atoms with Gasteiger partial charge in [-0.15, -0.1) is 0 Å². The minimum atomic E-state index is -3.49. The fraction of sp³-hybridized carbons (Fsp3) is 0.533. The van der Waals surface area contributed by atoms with Gasteiger partial charge in [0.1, 0.15) is 5.75 Å². The Kier molecular flexibility index (Phi) is 5.41. The van der Waals surface area contributed by atoms with Crippen LogP contribution >= 0.6 is 11.6 Å². The molecule has 2 rings (SSSR count). The molecule has 0 fully saturated rings. The molecule has 1 N–H and O–H groups in total. The summed E-state index contributed by atoms with van der Waals surface area (Å²) < 4.78 is 31.0. The van der Waals surface area contributed by atoms with Gasteiger partial charge in [-0.1, -0.05) is 25.4 Å². The van der Waals surface area contributed by atoms with Crippen molar-refractivity contribution in [2.75, 3.05) is 23.7 Å². The van der Waals surface area contributed by atoms with E-state index in [1.807, 2.05) is 13.8 Å². The summed E-state index contributed by atoms with van der Waals surface area (Å²) in [6.45, 7) is 4.70. The van der Waals surface area contributed by atoms with Gasteiger partial charge in [0.25, 0.3) is 5.91 Å². The van der Waals surface area contributed by atoms with Gasteiger partial charge < -0.3 is 10.1 Å². The summed E-state index contributed by atoms with van der Waals surface area (Å²) in [4.78, 5) is 12.3. The molecule has 0 aliphatic carbocycles. The molecule has 6 nitrogen and oxygen atoms in total. The van der Waals surface area contributed by atoms with Crippen LogP contribution in [0.4, 0.5) is 5.69 Å². The first-order valence-corrected chi connectivity index (χ1v) is 9.62. The molecule has 1 heterocycles. The van der Waals surface area contributed by atoms with E-state index in [4.69, 9.17) is 16.3 Å². The molecule has 1 atom stereocenters. The topological polar surface area (TPSA) is 75.7 Å². The summed E-state index contributed by atoms with van der Waals surface area (Å²) in [6, 6.07) is 4.73. The number of amides is 1. The van der Waals surface area contributed by atoms with E-state index in [2.05, 4.69) is 5.32 Å². The Morgan fingerprint density at radius 3 is 2.78 bits per heavy atom. The summed E-state index contributed by atoms with van der Waals surface area (Å²) in [7, 11) is -3.49. The number of rotatable bonds is 4. The summed E-state index contributed by atoms with van der Waals surface area (Å²) in [5.41, 5.74) is 0.360. The third-order valence-electron chi connectivity index (χ3n) is 3.43. The average Bonchev–Trinajstić information content (AvgIpc) is 2.63. The fourth-order valence-electron chi connectivity index (χ4n) is 2.30. The molecule has 0 saturated heterocycles. The second-order valence-electron chi connectivity index (χ2n) is 5.98. The predicted molar refractivity (Wildman–Crippen MR) is 90.5 cm³/mol. The molecule has 0 bridgehead atoms. The van der Waals surface area contributed by atoms with E-state index in [0.29, 0.717) is 28.9 Å². The lowest BCUT2D eigenvalue weighted by Crippen LogP contribution is -2.41. The summed E-state index contributed by atoms with van der Waals surface area (Å²) in [5, 5.41) is 3.22. The van der Waals surface area contributed by atoms with Crippen molar-refractivity contribution in [3.63, 3.8) is 0 Å². The Morgan fingerprint density at radius 1 is 1.48 bits per heavy atom. The van der Waals surface area contributed by atoms with Gasteiger partial charge in [0.05, 0.1) is 11.9 Å². The largest absolute Gasteiger partial charge is 0.478 e. The van der Waals surface area contributed by atoms with Crippen molar-refractivity contribution < 1.29 is 17.9 Å². The lowest BCUT2D eigenvalue weighted by atomic mass is 10.2. The first-order chi connectivity index (χ1) is 10.7. The fourth-order valence-corrected chi connectivity index (χ4v) is 3.40. The number of hydrogen-bond donors (Lipinski definition) is 1. The molecular weight excluding hydrogens is 340 g/mol. The van der Waals surface area contributed by atoms with Crippen LogP contribution in [0.1, 0.15) is 20.3 Å². The highest BCUT2D eigenvalue weighted by Crippen LogP contribution is 2.36. The van der Waals surface area contributed by atoms with Crippen LogP contribution in [0.5, 0.6) is 5.75 Å². The van der Waals surface area contributed by atoms with Gasteiger partial charge in [-0.2, -0.15) is 0 Å². The maximum Gasteiger partial charge on any atom is 0.261 e. The number of carbonyl (C=O) groups is 1. The van der Waals surface area contributed by atoms with Crippen molar-refractivity contribution in [3.8, 4) is 5.75 Å². The lowest BCUT2D eigenvalue weighted by Gasteiger charge is -2.21. The van der Waals surface area contributed by atoms with Crippen molar-refractivity contribution in [1.82, 2.24) is 5.32 Å². The number of nitrogens with zero attached hydrogens (tertiary/aromatic N) is 1. The van der Waals surface area contributed by atoms with Crippen molar-refractivity contribution in [2.24, 2.45) is 5.92 Å². The number of hydrogen-bond acceptors (Lipinski definition) is 4. The van der Waals surface area contributed by atoms with E-state index in [1.54, 1.807) is 12.1 Å². The Bertz CT molecular complexity index is 691. The molecule has 1 aromatic rings. The summed E-state index contributed by atoms with van der Waals surface area (Å²) in [5.74, 6) is 0.417. The van der Waals surface area contributed by atoms with Gasteiger partial charge in [0.2, 0.25) is 10.0 Å². The van der Waals surface area contributed by atoms with Crippen molar-refractivity contribution in [3.05, 3.63) is 23.2 Å². The molecule has 1 aliphatic rings. The van der Waals surface area contributed by atoms with Crippen LogP contribution in [0.15, 0.2) is 18.2 Å². The summed E-state index contributed by atoms with van der Waals surface area (Å²) >= 11 is 5.97. The zero-order valence-electron chi connectivity index (χ0n) is 13.4. The highest BCUT2D eigenvalue weighted by atomic mass is 35.5. The van der Waals surface area contributed by atoms with Crippen LogP contribution in [0.2, 0.25) is 5.02 Å². The first kappa shape index (κ1) is 17.9. The SMILES string of the molecule is CC(C)CNC(=O)C1CCN(S(C)(=O)=O)c2cc(Cl)ccc2O1. The molecule has 0 saturated carbocycles. The van der Waals surface area contributed by atoms with Crippen LogP contribution in [0, 0.1) is 5.92 Å². The zero-order chi connectivity index (χ0) is 17.2. The minimum absolute atomic E-state index is 0.159. The van der Waals surface area contributed by atoms with Crippen LogP contribution in [-0.2, 0) is 14.8 Å². The number of ether oxygens (including phenoxy) is 1. The third kappa shape index (κ3) is 4.51. The first-order valence-electron chi connectivity index (χ1n) is 7.40. The van der Waals surface area contributed by atoms with E-state index >= 15 is 0 Å². The molecule has 128 valence electrons. The average molecular weight is 361 g/mol. The minimum Gasteiger partial charge on any atom is -0.478 e. The highest BCUT2D eigenvalue weighted by Gasteiger charge is 2.31. The van der Waals surface area contributed by atoms with Crippen LogP contribution in [0.3, 0.4) is 0 Å². The molecular formula is C15H21ClN2O4S. The Balaban J connectivity index is 2.29. The van der Waals surface area contributed by atoms with Gasteiger partial charge in [-0.05, 0) is 24.1 Å². The second kappa shape index (κ2) is 6.97. The van der Waals surface area contributed by atoms with Crippen molar-refractivity contribution in [2.45, 2.75) is 26.4 Å². The molecule has 0 spiro atoms. The van der Waals surface area contributed by atoms with Crippen molar-refractivity contribution in [1.29, 1.82) is 0 Å². The molecule has 1 amide bonds. The third-order valence-corrected chi connectivity index (χ3v) is 4.85. The monoisotopic (exact) mass is 360 g/mol. The van der Waals surface area contributed by atoms with E-state index in [9.17, 15) is 13.2 Å². The van der Waals surface area contributed by atoms with Gasteiger partial charge >= 0.3 is 0 Å². The number of nitrogens with one attached hydrogen (secondary N) is 1. The van der Waals surface area contributed by atoms with Crippen LogP contribution in [-0.4, -0.2) is 39.8 Å². The molecule has 1 aliphatic heterocycles. The molecule has 23 heavy (non-hydrogen) atoms. The number of anilines is 1. The smallest absolute Gasteiger partial charge is 0.261 e. The summed E-state index contributed by atoms with van der Waals surface area (Å²) in [6.07, 6.45) is 0.653. The molecule has 8 heteroatoms. The maximum absolute atomic E-state index is 12.3. The van der Waals surface area contributed by atoms with Crippen LogP contribution in [0.25, 0.3) is 0 Å². The normalized spacial score (nSPS) is 18.1. The van der Waals surface area contributed by atoms with E-state index in [-0.39, 0.29) is 18.9 Å². The highest BCUT2D eigenvalue weighted by molar-refractivity contribution is 7.92. The number of benzene rings is 1. The molecule has 0 aromatic heterocycles. The van der Waals surface area contributed by atoms with E-state index < -0.39 is 16.1 Å². The number of sulfonamides is 1. The Hall–Kier alpha value is -1.47. The van der Waals surface area contributed by atoms with E-state index in [0.717, 1.165) is 6.26 Å². The predicted octanol–water partition coefficient (Wildman–Crippen LogP) is 2.03. The lowest BCUT2D eigenvalue weighted by molar-refractivity contribution is -0.128. The van der Waals surface area contributed by atoms with Gasteiger partial charge in [0, 0.05) is 24.5 Å². The van der Waals surface area contributed by atoms with Gasteiger partial charge in [-0.25, -0.2) is 8.42 Å². The number of fused-ring (bicyclic) bond motifs is 1. The quantitative estimate of drug-likeness (QED) is 0.891. The number of carbonyl (C=O) groups excluding carboxylic acids is 1. The maximum atomic E-state index is 12.3. The molecule has 1 unspecified atom stereocenters. The zero-order valence-corrected chi connectivity index (χ0v) is 14.9. The Labute approximate surface area is 141 Å². The number of halogens is 1. The van der Waals surface area contributed by atoms with E-state index in [1.165, 1.54) is 10.4 Å². The van der Waals surface area contributed by atoms with Gasteiger partial charge in [0.15, 0.2) is 6.10 Å². The Morgan fingerprint density at radius 2 is 2.17 bits per heavy atom. The molecule has 0 radical (unpaired) electrons.